The minimum absolute atomic E-state index is 0.0840. The standard InChI is InChI=1S/C16H27NO3S/c1-7-17-15(16(4,5)21(6,18)19)13-9-8-10-14(11-13)20-12(2)3/h8-12,15,17H,7H2,1-6H3. The Hall–Kier alpha value is -1.07. The lowest BCUT2D eigenvalue weighted by Gasteiger charge is -2.34. The molecule has 0 saturated heterocycles. The van der Waals surface area contributed by atoms with Crippen LogP contribution in [-0.2, 0) is 9.84 Å². The Kier molecular flexibility index (Phi) is 5.82. The third kappa shape index (κ3) is 4.45. The summed E-state index contributed by atoms with van der Waals surface area (Å²) in [6, 6.07) is 7.36. The first-order valence-corrected chi connectivity index (χ1v) is 9.18. The topological polar surface area (TPSA) is 55.4 Å². The molecule has 1 N–H and O–H groups in total. The summed E-state index contributed by atoms with van der Waals surface area (Å²) in [7, 11) is -3.21. The molecule has 0 radical (unpaired) electrons. The van der Waals surface area contributed by atoms with Crippen LogP contribution in [0.4, 0.5) is 0 Å². The van der Waals surface area contributed by atoms with Gasteiger partial charge in [0.1, 0.15) is 5.75 Å². The summed E-state index contributed by atoms with van der Waals surface area (Å²) in [5.74, 6) is 0.759. The minimum atomic E-state index is -3.21. The van der Waals surface area contributed by atoms with E-state index in [1.54, 1.807) is 13.8 Å². The van der Waals surface area contributed by atoms with Gasteiger partial charge in [-0.05, 0) is 51.9 Å². The summed E-state index contributed by atoms with van der Waals surface area (Å²) < 4.78 is 29.1. The van der Waals surface area contributed by atoms with E-state index >= 15 is 0 Å². The highest BCUT2D eigenvalue weighted by molar-refractivity contribution is 7.92. The van der Waals surface area contributed by atoms with E-state index in [0.29, 0.717) is 6.54 Å². The van der Waals surface area contributed by atoms with Gasteiger partial charge in [-0.1, -0.05) is 19.1 Å². The molecule has 4 nitrogen and oxygen atoms in total. The van der Waals surface area contributed by atoms with Gasteiger partial charge >= 0.3 is 0 Å². The molecular formula is C16H27NO3S. The molecule has 1 aromatic rings. The number of ether oxygens (including phenoxy) is 1. The molecule has 0 aliphatic heterocycles. The van der Waals surface area contributed by atoms with Gasteiger partial charge in [-0.25, -0.2) is 8.42 Å². The molecule has 120 valence electrons. The van der Waals surface area contributed by atoms with E-state index in [1.165, 1.54) is 6.26 Å². The van der Waals surface area contributed by atoms with Crippen molar-refractivity contribution in [2.24, 2.45) is 0 Å². The van der Waals surface area contributed by atoms with E-state index < -0.39 is 14.6 Å². The summed E-state index contributed by atoms with van der Waals surface area (Å²) in [5, 5.41) is 3.29. The van der Waals surface area contributed by atoms with Crippen molar-refractivity contribution in [3.8, 4) is 5.75 Å². The molecule has 0 aliphatic carbocycles. The molecule has 0 spiro atoms. The van der Waals surface area contributed by atoms with Crippen LogP contribution in [-0.4, -0.2) is 32.1 Å². The van der Waals surface area contributed by atoms with Crippen molar-refractivity contribution in [3.63, 3.8) is 0 Å². The summed E-state index contributed by atoms with van der Waals surface area (Å²) >= 11 is 0. The Morgan fingerprint density at radius 2 is 1.90 bits per heavy atom. The molecule has 1 unspecified atom stereocenters. The van der Waals surface area contributed by atoms with E-state index in [2.05, 4.69) is 5.32 Å². The van der Waals surface area contributed by atoms with Crippen molar-refractivity contribution in [1.29, 1.82) is 0 Å². The average molecular weight is 313 g/mol. The van der Waals surface area contributed by atoms with Crippen molar-refractivity contribution < 1.29 is 13.2 Å². The van der Waals surface area contributed by atoms with Crippen LogP contribution in [0.2, 0.25) is 0 Å². The van der Waals surface area contributed by atoms with Crippen LogP contribution in [0.1, 0.15) is 46.2 Å². The fourth-order valence-corrected chi connectivity index (χ4v) is 2.87. The number of sulfone groups is 1. The summed E-state index contributed by atoms with van der Waals surface area (Å²) in [6.45, 7) is 10.1. The van der Waals surface area contributed by atoms with Gasteiger partial charge in [0.25, 0.3) is 0 Å². The molecule has 1 atom stereocenters. The van der Waals surface area contributed by atoms with Crippen molar-refractivity contribution in [3.05, 3.63) is 29.8 Å². The van der Waals surface area contributed by atoms with Gasteiger partial charge in [-0.2, -0.15) is 0 Å². The minimum Gasteiger partial charge on any atom is -0.491 e. The Balaban J connectivity index is 3.23. The van der Waals surface area contributed by atoms with E-state index in [1.807, 2.05) is 45.0 Å². The highest BCUT2D eigenvalue weighted by Crippen LogP contribution is 2.33. The van der Waals surface area contributed by atoms with Crippen LogP contribution in [0.15, 0.2) is 24.3 Å². The second-order valence-corrected chi connectivity index (χ2v) is 8.70. The molecule has 5 heteroatoms. The van der Waals surface area contributed by atoms with Crippen LogP contribution in [0.25, 0.3) is 0 Å². The predicted octanol–water partition coefficient (Wildman–Crippen LogP) is 2.95. The second-order valence-electron chi connectivity index (χ2n) is 6.11. The normalized spacial score (nSPS) is 14.2. The number of rotatable bonds is 7. The van der Waals surface area contributed by atoms with Gasteiger partial charge < -0.3 is 10.1 Å². The fourth-order valence-electron chi connectivity index (χ4n) is 2.22. The SMILES string of the molecule is CCNC(c1cccc(OC(C)C)c1)C(C)(C)S(C)(=O)=O. The maximum atomic E-state index is 12.1. The number of nitrogens with one attached hydrogen (secondary N) is 1. The van der Waals surface area contributed by atoms with E-state index in [4.69, 9.17) is 4.74 Å². The third-order valence-corrected chi connectivity index (χ3v) is 5.77. The lowest BCUT2D eigenvalue weighted by Crippen LogP contribution is -2.45. The summed E-state index contributed by atoms with van der Waals surface area (Å²) in [5.41, 5.74) is 0.922. The molecule has 0 bridgehead atoms. The Morgan fingerprint density at radius 1 is 1.29 bits per heavy atom. The van der Waals surface area contributed by atoms with E-state index in [-0.39, 0.29) is 12.1 Å². The molecule has 0 fully saturated rings. The van der Waals surface area contributed by atoms with Crippen LogP contribution < -0.4 is 10.1 Å². The van der Waals surface area contributed by atoms with Gasteiger partial charge in [-0.3, -0.25) is 0 Å². The van der Waals surface area contributed by atoms with Crippen LogP contribution in [0.3, 0.4) is 0 Å². The monoisotopic (exact) mass is 313 g/mol. The molecule has 0 amide bonds. The highest BCUT2D eigenvalue weighted by Gasteiger charge is 2.39. The number of hydrogen-bond donors (Lipinski definition) is 1. The quantitative estimate of drug-likeness (QED) is 0.841. The maximum Gasteiger partial charge on any atom is 0.154 e. The van der Waals surface area contributed by atoms with Crippen LogP contribution >= 0.6 is 0 Å². The van der Waals surface area contributed by atoms with Crippen molar-refractivity contribution >= 4 is 9.84 Å². The smallest absolute Gasteiger partial charge is 0.154 e. The van der Waals surface area contributed by atoms with Crippen molar-refractivity contribution in [2.45, 2.75) is 51.5 Å². The molecule has 0 heterocycles. The van der Waals surface area contributed by atoms with E-state index in [0.717, 1.165) is 11.3 Å². The third-order valence-electron chi connectivity index (χ3n) is 3.62. The summed E-state index contributed by atoms with van der Waals surface area (Å²) in [6.07, 6.45) is 1.37. The zero-order chi connectivity index (χ0) is 16.3. The van der Waals surface area contributed by atoms with Gasteiger partial charge in [0.2, 0.25) is 0 Å². The summed E-state index contributed by atoms with van der Waals surface area (Å²) in [4.78, 5) is 0. The number of hydrogen-bond acceptors (Lipinski definition) is 4. The van der Waals surface area contributed by atoms with Crippen molar-refractivity contribution in [1.82, 2.24) is 5.32 Å². The highest BCUT2D eigenvalue weighted by atomic mass is 32.2. The zero-order valence-electron chi connectivity index (χ0n) is 13.8. The van der Waals surface area contributed by atoms with Gasteiger partial charge in [0, 0.05) is 6.26 Å². The first-order valence-electron chi connectivity index (χ1n) is 7.29. The first kappa shape index (κ1) is 18.0. The lowest BCUT2D eigenvalue weighted by atomic mass is 9.95. The molecule has 21 heavy (non-hydrogen) atoms. The number of benzene rings is 1. The fraction of sp³-hybridized carbons (Fsp3) is 0.625. The predicted molar refractivity (Wildman–Crippen MR) is 87.5 cm³/mol. The Morgan fingerprint density at radius 3 is 2.38 bits per heavy atom. The second kappa shape index (κ2) is 6.79. The average Bonchev–Trinajstić information content (AvgIpc) is 2.33. The Labute approximate surface area is 128 Å². The maximum absolute atomic E-state index is 12.1. The van der Waals surface area contributed by atoms with Crippen LogP contribution in [0, 0.1) is 0 Å². The largest absolute Gasteiger partial charge is 0.491 e. The van der Waals surface area contributed by atoms with Gasteiger partial charge in [-0.15, -0.1) is 0 Å². The van der Waals surface area contributed by atoms with E-state index in [9.17, 15) is 8.42 Å². The molecule has 0 saturated carbocycles. The first-order chi connectivity index (χ1) is 9.59. The Bertz CT molecular complexity index is 565. The van der Waals surface area contributed by atoms with Crippen LogP contribution in [0.5, 0.6) is 5.75 Å². The van der Waals surface area contributed by atoms with Crippen molar-refractivity contribution in [2.75, 3.05) is 12.8 Å². The zero-order valence-corrected chi connectivity index (χ0v) is 14.6. The molecule has 0 aromatic heterocycles. The van der Waals surface area contributed by atoms with Gasteiger partial charge in [0.05, 0.1) is 16.9 Å². The van der Waals surface area contributed by atoms with Gasteiger partial charge in [0.15, 0.2) is 9.84 Å². The molecule has 1 aromatic carbocycles. The lowest BCUT2D eigenvalue weighted by molar-refractivity contribution is 0.242. The molecule has 0 aliphatic rings. The molecular weight excluding hydrogens is 286 g/mol. The molecule has 1 rings (SSSR count).